The van der Waals surface area contributed by atoms with E-state index >= 15 is 0 Å². The number of carboxylic acid groups (broad SMARTS) is 1. The molecule has 7 heteroatoms. The minimum Gasteiger partial charge on any atom is -0.481 e. The predicted molar refractivity (Wildman–Crippen MR) is 133 cm³/mol. The molecule has 7 nitrogen and oxygen atoms in total. The monoisotopic (exact) mass is 478 g/mol. The van der Waals surface area contributed by atoms with E-state index in [1.807, 2.05) is 38.1 Å². The fraction of sp³-hybridized carbons (Fsp3) is 0.464. The summed E-state index contributed by atoms with van der Waals surface area (Å²) in [6.45, 7) is 4.15. The van der Waals surface area contributed by atoms with E-state index in [4.69, 9.17) is 9.84 Å². The Balaban J connectivity index is 1.34. The van der Waals surface area contributed by atoms with Crippen LogP contribution in [0.25, 0.3) is 11.1 Å². The molecule has 0 bridgehead atoms. The van der Waals surface area contributed by atoms with Gasteiger partial charge >= 0.3 is 12.1 Å². The van der Waals surface area contributed by atoms with Crippen LogP contribution in [-0.2, 0) is 14.3 Å². The fourth-order valence-corrected chi connectivity index (χ4v) is 4.84. The van der Waals surface area contributed by atoms with Gasteiger partial charge in [-0.2, -0.15) is 0 Å². The maximum absolute atomic E-state index is 13.0. The Kier molecular flexibility index (Phi) is 7.73. The number of benzene rings is 2. The maximum atomic E-state index is 13.0. The van der Waals surface area contributed by atoms with Crippen molar-refractivity contribution in [1.29, 1.82) is 0 Å². The van der Waals surface area contributed by atoms with Crippen LogP contribution in [0.1, 0.15) is 56.6 Å². The molecule has 0 radical (unpaired) electrons. The fourth-order valence-electron chi connectivity index (χ4n) is 4.84. The predicted octanol–water partition coefficient (Wildman–Crippen LogP) is 4.56. The first kappa shape index (κ1) is 24.8. The van der Waals surface area contributed by atoms with Crippen molar-refractivity contribution in [3.8, 4) is 11.1 Å². The number of nitrogens with one attached hydrogen (secondary N) is 2. The summed E-state index contributed by atoms with van der Waals surface area (Å²) >= 11 is 0. The van der Waals surface area contributed by atoms with Crippen molar-refractivity contribution in [3.05, 3.63) is 59.7 Å². The highest BCUT2D eigenvalue weighted by molar-refractivity contribution is 5.81. The van der Waals surface area contributed by atoms with Crippen LogP contribution in [0.4, 0.5) is 4.79 Å². The minimum absolute atomic E-state index is 0.00767. The number of aliphatic carboxylic acids is 1. The lowest BCUT2D eigenvalue weighted by molar-refractivity contribution is -0.138. The van der Waals surface area contributed by atoms with Crippen molar-refractivity contribution in [2.24, 2.45) is 17.8 Å². The summed E-state index contributed by atoms with van der Waals surface area (Å²) in [4.78, 5) is 36.7. The van der Waals surface area contributed by atoms with Crippen molar-refractivity contribution in [2.75, 3.05) is 13.2 Å². The highest BCUT2D eigenvalue weighted by atomic mass is 16.5. The summed E-state index contributed by atoms with van der Waals surface area (Å²) in [5.74, 6) is -1.13. The van der Waals surface area contributed by atoms with Gasteiger partial charge in [-0.05, 0) is 40.5 Å². The molecule has 0 spiro atoms. The molecule has 2 aromatic rings. The molecular weight excluding hydrogens is 444 g/mol. The van der Waals surface area contributed by atoms with Crippen molar-refractivity contribution in [2.45, 2.75) is 51.5 Å². The molecule has 0 saturated heterocycles. The molecule has 2 aliphatic carbocycles. The minimum atomic E-state index is -0.945. The van der Waals surface area contributed by atoms with E-state index in [1.54, 1.807) is 0 Å². The van der Waals surface area contributed by atoms with Crippen molar-refractivity contribution in [3.63, 3.8) is 0 Å². The molecule has 2 aliphatic rings. The molecule has 35 heavy (non-hydrogen) atoms. The number of rotatable bonds is 11. The summed E-state index contributed by atoms with van der Waals surface area (Å²) in [6.07, 6.45) is 2.16. The Morgan fingerprint density at radius 3 is 2.14 bits per heavy atom. The lowest BCUT2D eigenvalue weighted by Crippen LogP contribution is -2.46. The number of alkyl carbamates (subject to hydrolysis) is 1. The first-order chi connectivity index (χ1) is 16.8. The Hall–Kier alpha value is -3.35. The smallest absolute Gasteiger partial charge is 0.407 e. The summed E-state index contributed by atoms with van der Waals surface area (Å²) in [6, 6.07) is 15.9. The van der Waals surface area contributed by atoms with E-state index in [0.717, 1.165) is 24.0 Å². The number of amides is 2. The third-order valence-electron chi connectivity index (χ3n) is 7.05. The lowest BCUT2D eigenvalue weighted by atomic mass is 9.97. The number of carboxylic acids is 1. The van der Waals surface area contributed by atoms with Crippen LogP contribution in [0, 0.1) is 17.8 Å². The molecule has 4 rings (SSSR count). The zero-order valence-electron chi connectivity index (χ0n) is 20.3. The van der Waals surface area contributed by atoms with Crippen LogP contribution in [0.5, 0.6) is 0 Å². The molecule has 0 heterocycles. The molecule has 2 aromatic carbocycles. The third kappa shape index (κ3) is 6.21. The van der Waals surface area contributed by atoms with Crippen LogP contribution in [0.15, 0.2) is 48.5 Å². The molecule has 2 amide bonds. The van der Waals surface area contributed by atoms with Crippen LogP contribution in [0.3, 0.4) is 0 Å². The summed E-state index contributed by atoms with van der Waals surface area (Å²) < 4.78 is 5.60. The Morgan fingerprint density at radius 2 is 1.60 bits per heavy atom. The second-order valence-electron chi connectivity index (χ2n) is 10.0. The molecule has 1 unspecified atom stereocenters. The largest absolute Gasteiger partial charge is 0.481 e. The van der Waals surface area contributed by atoms with E-state index < -0.39 is 24.0 Å². The highest BCUT2D eigenvalue weighted by Gasteiger charge is 2.32. The van der Waals surface area contributed by atoms with Crippen LogP contribution in [0.2, 0.25) is 0 Å². The summed E-state index contributed by atoms with van der Waals surface area (Å²) in [5.41, 5.74) is 4.62. The SMILES string of the molecule is CC(C)[C@H](CC(=O)O)NC(=O)C(CNC(=O)OCC1c2ccccc2-c2ccccc21)CC1CC1. The second-order valence-corrected chi connectivity index (χ2v) is 10.0. The lowest BCUT2D eigenvalue weighted by Gasteiger charge is -2.24. The number of hydrogen-bond donors (Lipinski definition) is 3. The molecule has 3 N–H and O–H groups in total. The van der Waals surface area contributed by atoms with Gasteiger partial charge in [0, 0.05) is 18.5 Å². The average Bonchev–Trinajstić information content (AvgIpc) is 3.60. The topological polar surface area (TPSA) is 105 Å². The molecule has 1 fully saturated rings. The molecular formula is C28H34N2O5. The van der Waals surface area contributed by atoms with Gasteiger partial charge in [-0.25, -0.2) is 4.79 Å². The quantitative estimate of drug-likeness (QED) is 0.439. The van der Waals surface area contributed by atoms with Gasteiger partial charge in [0.05, 0.1) is 12.3 Å². The van der Waals surface area contributed by atoms with Crippen molar-refractivity contribution < 1.29 is 24.2 Å². The Morgan fingerprint density at radius 1 is 1.00 bits per heavy atom. The van der Waals surface area contributed by atoms with Crippen LogP contribution in [-0.4, -0.2) is 42.3 Å². The van der Waals surface area contributed by atoms with Gasteiger partial charge < -0.3 is 20.5 Å². The number of carbonyl (C=O) groups excluding carboxylic acids is 2. The molecule has 186 valence electrons. The molecule has 0 aliphatic heterocycles. The third-order valence-corrected chi connectivity index (χ3v) is 7.05. The van der Waals surface area contributed by atoms with Crippen LogP contribution < -0.4 is 10.6 Å². The second kappa shape index (κ2) is 10.9. The molecule has 1 saturated carbocycles. The molecule has 0 aromatic heterocycles. The number of carbonyl (C=O) groups is 3. The zero-order chi connectivity index (χ0) is 24.9. The maximum Gasteiger partial charge on any atom is 0.407 e. The van der Waals surface area contributed by atoms with Gasteiger partial charge in [0.15, 0.2) is 0 Å². The summed E-state index contributed by atoms with van der Waals surface area (Å²) in [5, 5.41) is 14.8. The number of hydrogen-bond acceptors (Lipinski definition) is 4. The average molecular weight is 479 g/mol. The van der Waals surface area contributed by atoms with Crippen molar-refractivity contribution in [1.82, 2.24) is 10.6 Å². The number of ether oxygens (including phenoxy) is 1. The Bertz CT molecular complexity index is 1030. The van der Waals surface area contributed by atoms with Crippen molar-refractivity contribution >= 4 is 18.0 Å². The first-order valence-electron chi connectivity index (χ1n) is 12.4. The van der Waals surface area contributed by atoms with E-state index in [0.29, 0.717) is 12.3 Å². The van der Waals surface area contributed by atoms with Gasteiger partial charge in [0.1, 0.15) is 6.61 Å². The van der Waals surface area contributed by atoms with Gasteiger partial charge in [0.2, 0.25) is 5.91 Å². The standard InChI is InChI=1S/C28H34N2O5/c1-17(2)25(14-26(31)32)30-27(33)19(13-18-11-12-18)15-29-28(34)35-16-24-22-9-5-3-7-20(22)21-8-4-6-10-23(21)24/h3-10,17-19,24-25H,11-16H2,1-2H3,(H,29,34)(H,30,33)(H,31,32)/t19?,25-/m0/s1. The summed E-state index contributed by atoms with van der Waals surface area (Å²) in [7, 11) is 0. The van der Waals surface area contributed by atoms with Crippen LogP contribution >= 0.6 is 0 Å². The van der Waals surface area contributed by atoms with Gasteiger partial charge in [-0.1, -0.05) is 75.2 Å². The van der Waals surface area contributed by atoms with Gasteiger partial charge in [-0.3, -0.25) is 9.59 Å². The molecule has 2 atom stereocenters. The highest BCUT2D eigenvalue weighted by Crippen LogP contribution is 2.44. The van der Waals surface area contributed by atoms with E-state index in [-0.39, 0.29) is 37.3 Å². The first-order valence-corrected chi connectivity index (χ1v) is 12.4. The van der Waals surface area contributed by atoms with Gasteiger partial charge in [-0.15, -0.1) is 0 Å². The normalized spacial score (nSPS) is 16.2. The van der Waals surface area contributed by atoms with E-state index in [2.05, 4.69) is 34.9 Å². The zero-order valence-corrected chi connectivity index (χ0v) is 20.3. The van der Waals surface area contributed by atoms with E-state index in [9.17, 15) is 14.4 Å². The van der Waals surface area contributed by atoms with E-state index in [1.165, 1.54) is 11.1 Å². The number of fused-ring (bicyclic) bond motifs is 3. The Labute approximate surface area is 206 Å². The van der Waals surface area contributed by atoms with Gasteiger partial charge in [0.25, 0.3) is 0 Å².